The lowest BCUT2D eigenvalue weighted by Gasteiger charge is -2.41. The zero-order chi connectivity index (χ0) is 18.8. The van der Waals surface area contributed by atoms with Crippen LogP contribution in [0.15, 0.2) is 58.7 Å². The predicted molar refractivity (Wildman–Crippen MR) is 106 cm³/mol. The second-order valence-electron chi connectivity index (χ2n) is 6.81. The normalized spacial score (nSPS) is 21.3. The van der Waals surface area contributed by atoms with E-state index in [9.17, 15) is 4.79 Å². The molecular weight excluding hydrogens is 340 g/mol. The van der Waals surface area contributed by atoms with Crippen LogP contribution in [0.3, 0.4) is 0 Å². The molecule has 0 spiro atoms. The van der Waals surface area contributed by atoms with Crippen molar-refractivity contribution in [3.05, 3.63) is 70.1 Å². The van der Waals surface area contributed by atoms with E-state index in [0.29, 0.717) is 12.3 Å². The third kappa shape index (κ3) is 3.02. The third-order valence-corrected chi connectivity index (χ3v) is 5.18. The highest BCUT2D eigenvalue weighted by Gasteiger charge is 2.43. The van der Waals surface area contributed by atoms with E-state index in [-0.39, 0.29) is 5.91 Å². The monoisotopic (exact) mass is 360 g/mol. The first-order valence-corrected chi connectivity index (χ1v) is 9.03. The van der Waals surface area contributed by atoms with Gasteiger partial charge in [-0.2, -0.15) is 5.10 Å². The Hall–Kier alpha value is -3.31. The summed E-state index contributed by atoms with van der Waals surface area (Å²) in [5.74, 6) is -0.666. The van der Waals surface area contributed by atoms with E-state index in [1.54, 1.807) is 6.92 Å². The number of aryl methyl sites for hydroxylation is 1. The number of hydrogen-bond acceptors (Lipinski definition) is 4. The zero-order valence-corrected chi connectivity index (χ0v) is 15.0. The van der Waals surface area contributed by atoms with Crippen LogP contribution in [0.1, 0.15) is 30.5 Å². The quantitative estimate of drug-likeness (QED) is 0.287. The molecule has 7 heteroatoms. The largest absolute Gasteiger partial charge is 0.311 e. The van der Waals surface area contributed by atoms with Crippen LogP contribution in [-0.4, -0.2) is 18.2 Å². The summed E-state index contributed by atoms with van der Waals surface area (Å²) in [7, 11) is 0. The molecule has 27 heavy (non-hydrogen) atoms. The number of anilines is 2. The van der Waals surface area contributed by atoms with E-state index in [2.05, 4.69) is 20.6 Å². The van der Waals surface area contributed by atoms with Crippen LogP contribution in [0.25, 0.3) is 10.4 Å². The molecule has 4 rings (SSSR count). The standard InChI is InChI=1S/C20H20N6O/c1-13(22-23-15-9-3-2-4-10-15)17-18(24-25-21)16-11-5-7-14-8-6-12-26(19(14)16)20(17)27/h2-5,7,9-11,17-18,23H,6,8,12H2,1H3/b22-13+. The fourth-order valence-corrected chi connectivity index (χ4v) is 3.95. The minimum atomic E-state index is -0.613. The Labute approximate surface area is 157 Å². The van der Waals surface area contributed by atoms with Crippen molar-refractivity contribution in [3.8, 4) is 0 Å². The van der Waals surface area contributed by atoms with Crippen LogP contribution >= 0.6 is 0 Å². The van der Waals surface area contributed by atoms with Crippen LogP contribution in [0.2, 0.25) is 0 Å². The van der Waals surface area contributed by atoms with Gasteiger partial charge in [0, 0.05) is 17.2 Å². The molecule has 0 aromatic heterocycles. The van der Waals surface area contributed by atoms with Crippen LogP contribution in [0, 0.1) is 5.92 Å². The number of nitrogens with zero attached hydrogens (tertiary/aromatic N) is 5. The highest BCUT2D eigenvalue weighted by Crippen LogP contribution is 2.44. The SMILES string of the molecule is C/C(=N\Nc1ccccc1)C1C(=O)N2CCCc3cccc(c32)C1N=[N+]=[N-]. The molecule has 0 fully saturated rings. The molecule has 0 bridgehead atoms. The van der Waals surface area contributed by atoms with Gasteiger partial charge in [-0.1, -0.05) is 41.5 Å². The molecule has 2 aromatic rings. The molecule has 0 aliphatic carbocycles. The predicted octanol–water partition coefficient (Wildman–Crippen LogP) is 4.44. The summed E-state index contributed by atoms with van der Waals surface area (Å²) in [6.07, 6.45) is 1.86. The topological polar surface area (TPSA) is 93.5 Å². The van der Waals surface area contributed by atoms with E-state index in [1.165, 1.54) is 0 Å². The number of carbonyl (C=O) groups is 1. The molecule has 0 radical (unpaired) electrons. The first-order chi connectivity index (χ1) is 13.2. The van der Waals surface area contributed by atoms with E-state index < -0.39 is 12.0 Å². The third-order valence-electron chi connectivity index (χ3n) is 5.18. The number of azide groups is 1. The van der Waals surface area contributed by atoms with Crippen LogP contribution in [0.4, 0.5) is 11.4 Å². The summed E-state index contributed by atoms with van der Waals surface area (Å²) < 4.78 is 0. The Balaban J connectivity index is 1.75. The maximum atomic E-state index is 13.3. The van der Waals surface area contributed by atoms with Gasteiger partial charge in [0.25, 0.3) is 0 Å². The number of hydrazone groups is 1. The van der Waals surface area contributed by atoms with Gasteiger partial charge in [0.05, 0.1) is 23.3 Å². The van der Waals surface area contributed by atoms with Gasteiger partial charge in [-0.05, 0) is 48.6 Å². The molecule has 2 aliphatic heterocycles. The summed E-state index contributed by atoms with van der Waals surface area (Å²) in [5.41, 5.74) is 16.5. The second kappa shape index (κ2) is 7.13. The van der Waals surface area contributed by atoms with Gasteiger partial charge in [0.15, 0.2) is 0 Å². The van der Waals surface area contributed by atoms with Crippen molar-refractivity contribution in [2.45, 2.75) is 25.8 Å². The van der Waals surface area contributed by atoms with Crippen molar-refractivity contribution in [2.24, 2.45) is 16.1 Å². The first kappa shape index (κ1) is 17.1. The molecule has 2 unspecified atom stereocenters. The molecule has 7 nitrogen and oxygen atoms in total. The van der Waals surface area contributed by atoms with Crippen LogP contribution in [0.5, 0.6) is 0 Å². The average molecular weight is 360 g/mol. The number of carbonyl (C=O) groups excluding carboxylic acids is 1. The molecule has 1 amide bonds. The number of benzene rings is 2. The van der Waals surface area contributed by atoms with E-state index in [0.717, 1.165) is 35.3 Å². The molecule has 136 valence electrons. The molecule has 2 aromatic carbocycles. The van der Waals surface area contributed by atoms with E-state index in [4.69, 9.17) is 5.53 Å². The number of para-hydroxylation sites is 2. The minimum absolute atomic E-state index is 0.0526. The van der Waals surface area contributed by atoms with Crippen molar-refractivity contribution in [1.29, 1.82) is 0 Å². The first-order valence-electron chi connectivity index (χ1n) is 9.03. The van der Waals surface area contributed by atoms with Gasteiger partial charge in [-0.15, -0.1) is 0 Å². The summed E-state index contributed by atoms with van der Waals surface area (Å²) in [6.45, 7) is 2.49. The highest BCUT2D eigenvalue weighted by molar-refractivity contribution is 6.13. The number of nitrogens with one attached hydrogen (secondary N) is 1. The highest BCUT2D eigenvalue weighted by atomic mass is 16.2. The smallest absolute Gasteiger partial charge is 0.236 e. The fourth-order valence-electron chi connectivity index (χ4n) is 3.95. The molecule has 1 N–H and O–H groups in total. The minimum Gasteiger partial charge on any atom is -0.311 e. The van der Waals surface area contributed by atoms with Crippen molar-refractivity contribution in [3.63, 3.8) is 0 Å². The van der Waals surface area contributed by atoms with Gasteiger partial charge >= 0.3 is 0 Å². The summed E-state index contributed by atoms with van der Waals surface area (Å²) >= 11 is 0. The molecular formula is C20H20N6O. The molecule has 2 atom stereocenters. The number of rotatable bonds is 4. The lowest BCUT2D eigenvalue weighted by Crippen LogP contribution is -2.48. The van der Waals surface area contributed by atoms with Crippen molar-refractivity contribution in [1.82, 2.24) is 0 Å². The van der Waals surface area contributed by atoms with Crippen LogP contribution < -0.4 is 10.3 Å². The van der Waals surface area contributed by atoms with Crippen molar-refractivity contribution >= 4 is 23.0 Å². The Morgan fingerprint density at radius 2 is 2.04 bits per heavy atom. The Morgan fingerprint density at radius 1 is 1.22 bits per heavy atom. The summed E-state index contributed by atoms with van der Waals surface area (Å²) in [5, 5.41) is 8.41. The lowest BCUT2D eigenvalue weighted by atomic mass is 9.81. The number of hydrogen-bond donors (Lipinski definition) is 1. The van der Waals surface area contributed by atoms with Crippen LogP contribution in [-0.2, 0) is 11.2 Å². The van der Waals surface area contributed by atoms with Gasteiger partial charge in [-0.3, -0.25) is 10.2 Å². The molecule has 0 saturated carbocycles. The number of amides is 1. The average Bonchev–Trinajstić information content (AvgIpc) is 2.71. The van der Waals surface area contributed by atoms with Gasteiger partial charge in [-0.25, -0.2) is 0 Å². The Kier molecular flexibility index (Phi) is 4.52. The van der Waals surface area contributed by atoms with Gasteiger partial charge in [0.2, 0.25) is 5.91 Å². The summed E-state index contributed by atoms with van der Waals surface area (Å²) in [4.78, 5) is 18.1. The molecule has 2 heterocycles. The summed E-state index contributed by atoms with van der Waals surface area (Å²) in [6, 6.07) is 14.9. The fraction of sp³-hybridized carbons (Fsp3) is 0.300. The van der Waals surface area contributed by atoms with E-state index in [1.807, 2.05) is 53.4 Å². The second-order valence-corrected chi connectivity index (χ2v) is 6.81. The Bertz CT molecular complexity index is 948. The molecule has 2 aliphatic rings. The van der Waals surface area contributed by atoms with Gasteiger partial charge in [0.1, 0.15) is 0 Å². The molecule has 0 saturated heterocycles. The Morgan fingerprint density at radius 3 is 2.81 bits per heavy atom. The zero-order valence-electron chi connectivity index (χ0n) is 15.0. The maximum absolute atomic E-state index is 13.3. The van der Waals surface area contributed by atoms with Crippen molar-refractivity contribution in [2.75, 3.05) is 16.9 Å². The van der Waals surface area contributed by atoms with Crippen molar-refractivity contribution < 1.29 is 4.79 Å². The van der Waals surface area contributed by atoms with Gasteiger partial charge < -0.3 is 4.90 Å². The maximum Gasteiger partial charge on any atom is 0.236 e. The van der Waals surface area contributed by atoms with E-state index >= 15 is 0 Å². The lowest BCUT2D eigenvalue weighted by molar-refractivity contribution is -0.121.